The maximum absolute atomic E-state index is 12.8. The summed E-state index contributed by atoms with van der Waals surface area (Å²) >= 11 is 0. The van der Waals surface area contributed by atoms with Crippen molar-refractivity contribution in [2.24, 2.45) is 0 Å². The third kappa shape index (κ3) is 5.85. The molecule has 3 rings (SSSR count). The summed E-state index contributed by atoms with van der Waals surface area (Å²) in [6, 6.07) is 16.1. The number of hydrogen-bond acceptors (Lipinski definition) is 4. The van der Waals surface area contributed by atoms with Crippen molar-refractivity contribution >= 4 is 11.9 Å². The lowest BCUT2D eigenvalue weighted by atomic mass is 10.0. The number of aromatic nitrogens is 2. The molecule has 162 valence electrons. The van der Waals surface area contributed by atoms with Gasteiger partial charge in [0.2, 0.25) is 0 Å². The SMILES string of the molecule is CC(C)(C)Oc1cccc(C(CC(=O)O)NC(=O)c2cc(=O)n(-c3ccccc3)[nH]2)c1. The predicted molar refractivity (Wildman–Crippen MR) is 116 cm³/mol. The zero-order chi connectivity index (χ0) is 22.6. The molecule has 1 atom stereocenters. The summed E-state index contributed by atoms with van der Waals surface area (Å²) in [5.74, 6) is -1.08. The van der Waals surface area contributed by atoms with Crippen molar-refractivity contribution in [3.63, 3.8) is 0 Å². The van der Waals surface area contributed by atoms with Gasteiger partial charge in [0, 0.05) is 6.07 Å². The Morgan fingerprint density at radius 3 is 2.45 bits per heavy atom. The van der Waals surface area contributed by atoms with Gasteiger partial charge >= 0.3 is 5.97 Å². The summed E-state index contributed by atoms with van der Waals surface area (Å²) in [5, 5.41) is 14.8. The standard InChI is InChI=1S/C23H25N3O5/c1-23(2,3)31-17-11-7-8-15(12-17)18(14-21(28)29)24-22(30)19-13-20(27)26(25-19)16-9-5-4-6-10-16/h4-13,18,25H,14H2,1-3H3,(H,24,30)(H,28,29). The zero-order valence-electron chi connectivity index (χ0n) is 17.6. The molecule has 1 unspecified atom stereocenters. The van der Waals surface area contributed by atoms with Crippen LogP contribution < -0.4 is 15.6 Å². The number of aromatic amines is 1. The normalized spacial score (nSPS) is 12.2. The summed E-state index contributed by atoms with van der Waals surface area (Å²) in [5.41, 5.74) is 0.380. The number of para-hydroxylation sites is 1. The molecule has 1 amide bonds. The van der Waals surface area contributed by atoms with Crippen LogP contribution in [0.25, 0.3) is 5.69 Å². The maximum atomic E-state index is 12.8. The molecule has 3 N–H and O–H groups in total. The van der Waals surface area contributed by atoms with Crippen molar-refractivity contribution in [1.29, 1.82) is 0 Å². The third-order valence-corrected chi connectivity index (χ3v) is 4.35. The Hall–Kier alpha value is -3.81. The van der Waals surface area contributed by atoms with Crippen molar-refractivity contribution in [3.8, 4) is 11.4 Å². The second kappa shape index (κ2) is 8.91. The molecule has 0 saturated carbocycles. The minimum absolute atomic E-state index is 0.0336. The molecule has 0 fully saturated rings. The second-order valence-electron chi connectivity index (χ2n) is 8.09. The smallest absolute Gasteiger partial charge is 0.305 e. The highest BCUT2D eigenvalue weighted by Gasteiger charge is 2.22. The van der Waals surface area contributed by atoms with Gasteiger partial charge in [-0.3, -0.25) is 19.5 Å². The number of carbonyl (C=O) groups is 2. The first-order chi connectivity index (χ1) is 14.6. The molecule has 0 spiro atoms. The lowest BCUT2D eigenvalue weighted by Gasteiger charge is -2.23. The zero-order valence-corrected chi connectivity index (χ0v) is 17.6. The van der Waals surface area contributed by atoms with Gasteiger partial charge in [-0.1, -0.05) is 30.3 Å². The van der Waals surface area contributed by atoms with Crippen LogP contribution in [0.5, 0.6) is 5.75 Å². The van der Waals surface area contributed by atoms with E-state index in [1.54, 1.807) is 48.5 Å². The van der Waals surface area contributed by atoms with Gasteiger partial charge in [0.15, 0.2) is 0 Å². The van der Waals surface area contributed by atoms with Gasteiger partial charge < -0.3 is 15.2 Å². The molecule has 0 radical (unpaired) electrons. The van der Waals surface area contributed by atoms with E-state index >= 15 is 0 Å². The lowest BCUT2D eigenvalue weighted by Crippen LogP contribution is -2.30. The number of hydrogen-bond donors (Lipinski definition) is 3. The molecule has 0 aliphatic heterocycles. The Morgan fingerprint density at radius 2 is 1.81 bits per heavy atom. The maximum Gasteiger partial charge on any atom is 0.305 e. The number of nitrogens with one attached hydrogen (secondary N) is 2. The molecule has 31 heavy (non-hydrogen) atoms. The fraction of sp³-hybridized carbons (Fsp3) is 0.261. The number of aliphatic carboxylic acids is 1. The average Bonchev–Trinajstić information content (AvgIpc) is 3.08. The number of amides is 1. The van der Waals surface area contributed by atoms with Crippen LogP contribution in [0.1, 0.15) is 49.3 Å². The van der Waals surface area contributed by atoms with Crippen LogP contribution in [0.3, 0.4) is 0 Å². The average molecular weight is 423 g/mol. The number of benzene rings is 2. The number of ether oxygens (including phenoxy) is 1. The van der Waals surface area contributed by atoms with Crippen molar-refractivity contribution < 1.29 is 19.4 Å². The van der Waals surface area contributed by atoms with E-state index in [4.69, 9.17) is 4.74 Å². The van der Waals surface area contributed by atoms with E-state index in [-0.39, 0.29) is 12.1 Å². The first-order valence-electron chi connectivity index (χ1n) is 9.81. The lowest BCUT2D eigenvalue weighted by molar-refractivity contribution is -0.137. The Balaban J connectivity index is 1.85. The largest absolute Gasteiger partial charge is 0.488 e. The van der Waals surface area contributed by atoms with Gasteiger partial charge in [0.25, 0.3) is 11.5 Å². The third-order valence-electron chi connectivity index (χ3n) is 4.35. The van der Waals surface area contributed by atoms with Crippen LogP contribution in [-0.4, -0.2) is 32.4 Å². The Morgan fingerprint density at radius 1 is 1.10 bits per heavy atom. The topological polar surface area (TPSA) is 113 Å². The van der Waals surface area contributed by atoms with Gasteiger partial charge in [-0.15, -0.1) is 0 Å². The highest BCUT2D eigenvalue weighted by molar-refractivity contribution is 5.92. The summed E-state index contributed by atoms with van der Waals surface area (Å²) in [7, 11) is 0. The Kier molecular flexibility index (Phi) is 6.29. The van der Waals surface area contributed by atoms with E-state index in [1.165, 1.54) is 10.7 Å². The molecule has 0 aliphatic rings. The number of H-pyrrole nitrogens is 1. The molecule has 8 nitrogen and oxygen atoms in total. The molecule has 1 heterocycles. The van der Waals surface area contributed by atoms with Crippen LogP contribution in [0.2, 0.25) is 0 Å². The van der Waals surface area contributed by atoms with E-state index < -0.39 is 29.1 Å². The van der Waals surface area contributed by atoms with Crippen LogP contribution in [0, 0.1) is 0 Å². The molecule has 8 heteroatoms. The number of carbonyl (C=O) groups excluding carboxylic acids is 1. The number of rotatable bonds is 7. The number of nitrogens with zero attached hydrogens (tertiary/aromatic N) is 1. The summed E-state index contributed by atoms with van der Waals surface area (Å²) < 4.78 is 7.09. The highest BCUT2D eigenvalue weighted by atomic mass is 16.5. The molecular formula is C23H25N3O5. The van der Waals surface area contributed by atoms with E-state index in [0.717, 1.165) is 0 Å². The summed E-state index contributed by atoms with van der Waals surface area (Å²) in [6.45, 7) is 5.72. The predicted octanol–water partition coefficient (Wildman–Crippen LogP) is 3.29. The van der Waals surface area contributed by atoms with Crippen molar-refractivity contribution in [2.75, 3.05) is 0 Å². The van der Waals surface area contributed by atoms with Gasteiger partial charge in [0.1, 0.15) is 17.0 Å². The van der Waals surface area contributed by atoms with Crippen LogP contribution in [0.4, 0.5) is 0 Å². The van der Waals surface area contributed by atoms with Gasteiger partial charge in [-0.2, -0.15) is 0 Å². The van der Waals surface area contributed by atoms with Crippen LogP contribution >= 0.6 is 0 Å². The van der Waals surface area contributed by atoms with E-state index in [2.05, 4.69) is 10.4 Å². The van der Waals surface area contributed by atoms with Crippen LogP contribution in [0.15, 0.2) is 65.5 Å². The number of carboxylic acid groups (broad SMARTS) is 1. The Bertz CT molecular complexity index is 1130. The van der Waals surface area contributed by atoms with Crippen molar-refractivity contribution in [1.82, 2.24) is 15.1 Å². The minimum Gasteiger partial charge on any atom is -0.488 e. The number of carboxylic acids is 1. The van der Waals surface area contributed by atoms with Gasteiger partial charge in [-0.25, -0.2) is 4.68 Å². The van der Waals surface area contributed by atoms with E-state index in [0.29, 0.717) is 17.0 Å². The van der Waals surface area contributed by atoms with Crippen molar-refractivity contribution in [3.05, 3.63) is 82.3 Å². The molecule has 0 bridgehead atoms. The summed E-state index contributed by atoms with van der Waals surface area (Å²) in [6.07, 6.45) is -0.325. The fourth-order valence-electron chi connectivity index (χ4n) is 3.09. The first kappa shape index (κ1) is 21.9. The van der Waals surface area contributed by atoms with Crippen molar-refractivity contribution in [2.45, 2.75) is 38.8 Å². The molecular weight excluding hydrogens is 398 g/mol. The molecule has 1 aromatic heterocycles. The monoisotopic (exact) mass is 423 g/mol. The summed E-state index contributed by atoms with van der Waals surface area (Å²) in [4.78, 5) is 36.5. The van der Waals surface area contributed by atoms with Crippen LogP contribution in [-0.2, 0) is 4.79 Å². The van der Waals surface area contributed by atoms with E-state index in [1.807, 2.05) is 26.8 Å². The molecule has 0 saturated heterocycles. The molecule has 0 aliphatic carbocycles. The van der Waals surface area contributed by atoms with Gasteiger partial charge in [-0.05, 0) is 50.6 Å². The fourth-order valence-corrected chi connectivity index (χ4v) is 3.09. The van der Waals surface area contributed by atoms with Gasteiger partial charge in [0.05, 0.1) is 18.2 Å². The molecule has 3 aromatic rings. The second-order valence-corrected chi connectivity index (χ2v) is 8.09. The Labute approximate surface area is 179 Å². The highest BCUT2D eigenvalue weighted by Crippen LogP contribution is 2.25. The minimum atomic E-state index is -1.07. The van der Waals surface area contributed by atoms with E-state index in [9.17, 15) is 19.5 Å². The quantitative estimate of drug-likeness (QED) is 0.540. The molecule has 2 aromatic carbocycles. The first-order valence-corrected chi connectivity index (χ1v) is 9.81.